The molecule has 1 aromatic rings. The molecule has 0 radical (unpaired) electrons. The summed E-state index contributed by atoms with van der Waals surface area (Å²) in [5.74, 6) is 0.458. The van der Waals surface area contributed by atoms with Gasteiger partial charge >= 0.3 is 0 Å². The Bertz CT molecular complexity index is 472. The first-order valence-electron chi connectivity index (χ1n) is 7.66. The Morgan fingerprint density at radius 2 is 2.10 bits per heavy atom. The molecule has 1 aliphatic carbocycles. The summed E-state index contributed by atoms with van der Waals surface area (Å²) in [7, 11) is 0. The van der Waals surface area contributed by atoms with Gasteiger partial charge in [-0.05, 0) is 48.9 Å². The summed E-state index contributed by atoms with van der Waals surface area (Å²) < 4.78 is 13.3. The van der Waals surface area contributed by atoms with Crippen LogP contribution in [-0.4, -0.2) is 6.04 Å². The summed E-state index contributed by atoms with van der Waals surface area (Å²) in [5, 5.41) is 12.6. The molecule has 0 amide bonds. The van der Waals surface area contributed by atoms with Gasteiger partial charge < -0.3 is 5.32 Å². The van der Waals surface area contributed by atoms with Crippen LogP contribution >= 0.6 is 0 Å². The van der Waals surface area contributed by atoms with E-state index < -0.39 is 0 Å². The van der Waals surface area contributed by atoms with Crippen LogP contribution in [0, 0.1) is 23.1 Å². The van der Waals surface area contributed by atoms with Crippen molar-refractivity contribution in [3.63, 3.8) is 0 Å². The maximum absolute atomic E-state index is 13.3. The van der Waals surface area contributed by atoms with Crippen molar-refractivity contribution < 1.29 is 4.39 Å². The zero-order chi connectivity index (χ0) is 14.4. The third kappa shape index (κ3) is 3.80. The number of hydrogen-bond donors (Lipinski definition) is 1. The van der Waals surface area contributed by atoms with Crippen molar-refractivity contribution in [2.24, 2.45) is 5.92 Å². The van der Waals surface area contributed by atoms with Crippen LogP contribution < -0.4 is 5.32 Å². The molecular formula is C17H23FN2. The largest absolute Gasteiger partial charge is 0.310 e. The Hall–Kier alpha value is -1.40. The number of nitrogens with one attached hydrogen (secondary N) is 1. The van der Waals surface area contributed by atoms with E-state index in [-0.39, 0.29) is 5.82 Å². The number of nitrogens with zero attached hydrogens (tertiary/aromatic N) is 1. The molecule has 1 aliphatic rings. The highest BCUT2D eigenvalue weighted by Crippen LogP contribution is 2.28. The minimum Gasteiger partial charge on any atom is -0.310 e. The fraction of sp³-hybridized carbons (Fsp3) is 0.588. The van der Waals surface area contributed by atoms with Crippen LogP contribution in [0.4, 0.5) is 4.39 Å². The van der Waals surface area contributed by atoms with E-state index in [4.69, 9.17) is 5.26 Å². The van der Waals surface area contributed by atoms with Crippen molar-refractivity contribution in [2.75, 3.05) is 0 Å². The summed E-state index contributed by atoms with van der Waals surface area (Å²) in [6.07, 6.45) is 7.68. The van der Waals surface area contributed by atoms with E-state index in [1.54, 1.807) is 6.07 Å². The molecule has 2 rings (SSSR count). The second-order valence-corrected chi connectivity index (χ2v) is 5.71. The molecule has 0 aromatic heterocycles. The standard InChI is InChI=1S/C17H23FN2/c1-2-17(13-6-4-3-5-7-13)20-12-15-10-16(18)9-8-14(15)11-19/h8-10,13,17,20H,2-7,12H2,1H3. The maximum atomic E-state index is 13.3. The summed E-state index contributed by atoms with van der Waals surface area (Å²) >= 11 is 0. The van der Waals surface area contributed by atoms with Gasteiger partial charge in [0.25, 0.3) is 0 Å². The Kier molecular flexibility index (Phi) is 5.55. The zero-order valence-corrected chi connectivity index (χ0v) is 12.2. The first-order chi connectivity index (χ1) is 9.74. The molecule has 20 heavy (non-hydrogen) atoms. The molecule has 0 spiro atoms. The van der Waals surface area contributed by atoms with Gasteiger partial charge in [0.15, 0.2) is 0 Å². The van der Waals surface area contributed by atoms with Gasteiger partial charge in [-0.15, -0.1) is 0 Å². The second kappa shape index (κ2) is 7.40. The van der Waals surface area contributed by atoms with Crippen molar-refractivity contribution in [1.82, 2.24) is 5.32 Å². The topological polar surface area (TPSA) is 35.8 Å². The van der Waals surface area contributed by atoms with Crippen molar-refractivity contribution in [2.45, 2.75) is 58.0 Å². The fourth-order valence-electron chi connectivity index (χ4n) is 3.24. The van der Waals surface area contributed by atoms with Crippen LogP contribution in [0.3, 0.4) is 0 Å². The molecular weight excluding hydrogens is 251 g/mol. The molecule has 1 fully saturated rings. The van der Waals surface area contributed by atoms with E-state index in [1.165, 1.54) is 44.2 Å². The number of benzene rings is 1. The number of halogens is 1. The molecule has 0 aliphatic heterocycles. The van der Waals surface area contributed by atoms with E-state index in [0.29, 0.717) is 18.2 Å². The van der Waals surface area contributed by atoms with Gasteiger partial charge in [-0.1, -0.05) is 26.2 Å². The van der Waals surface area contributed by atoms with Crippen LogP contribution in [0.15, 0.2) is 18.2 Å². The smallest absolute Gasteiger partial charge is 0.123 e. The highest BCUT2D eigenvalue weighted by atomic mass is 19.1. The fourth-order valence-corrected chi connectivity index (χ4v) is 3.24. The van der Waals surface area contributed by atoms with Crippen LogP contribution in [0.5, 0.6) is 0 Å². The summed E-state index contributed by atoms with van der Waals surface area (Å²) in [4.78, 5) is 0. The normalized spacial score (nSPS) is 17.6. The first kappa shape index (κ1) is 15.0. The van der Waals surface area contributed by atoms with Crippen molar-refractivity contribution in [3.05, 3.63) is 35.1 Å². The second-order valence-electron chi connectivity index (χ2n) is 5.71. The van der Waals surface area contributed by atoms with E-state index >= 15 is 0 Å². The predicted molar refractivity (Wildman–Crippen MR) is 78.6 cm³/mol. The van der Waals surface area contributed by atoms with Crippen LogP contribution in [0.25, 0.3) is 0 Å². The van der Waals surface area contributed by atoms with Gasteiger partial charge in [0.1, 0.15) is 5.82 Å². The molecule has 0 saturated heterocycles. The van der Waals surface area contributed by atoms with Gasteiger partial charge in [-0.3, -0.25) is 0 Å². The molecule has 1 atom stereocenters. The molecule has 1 unspecified atom stereocenters. The zero-order valence-electron chi connectivity index (χ0n) is 12.2. The molecule has 1 aromatic carbocycles. The van der Waals surface area contributed by atoms with Crippen LogP contribution in [0.1, 0.15) is 56.6 Å². The Balaban J connectivity index is 1.99. The number of hydrogen-bond acceptors (Lipinski definition) is 2. The highest BCUT2D eigenvalue weighted by Gasteiger charge is 2.22. The van der Waals surface area contributed by atoms with Gasteiger partial charge in [-0.25, -0.2) is 4.39 Å². The maximum Gasteiger partial charge on any atom is 0.123 e. The Morgan fingerprint density at radius 3 is 2.75 bits per heavy atom. The van der Waals surface area contributed by atoms with Gasteiger partial charge in [0, 0.05) is 12.6 Å². The summed E-state index contributed by atoms with van der Waals surface area (Å²) in [6.45, 7) is 2.78. The molecule has 108 valence electrons. The molecule has 0 bridgehead atoms. The SMILES string of the molecule is CCC(NCc1cc(F)ccc1C#N)C1CCCCC1. The predicted octanol–water partition coefficient (Wildman–Crippen LogP) is 4.15. The van der Waals surface area contributed by atoms with E-state index in [1.807, 2.05) is 0 Å². The van der Waals surface area contributed by atoms with E-state index in [0.717, 1.165) is 17.9 Å². The summed E-state index contributed by atoms with van der Waals surface area (Å²) in [6, 6.07) is 7.00. The van der Waals surface area contributed by atoms with Gasteiger partial charge in [0.2, 0.25) is 0 Å². The minimum absolute atomic E-state index is 0.272. The van der Waals surface area contributed by atoms with Crippen molar-refractivity contribution in [3.8, 4) is 6.07 Å². The quantitative estimate of drug-likeness (QED) is 0.875. The van der Waals surface area contributed by atoms with Crippen LogP contribution in [0.2, 0.25) is 0 Å². The molecule has 0 heterocycles. The lowest BCUT2D eigenvalue weighted by Gasteiger charge is -2.30. The average molecular weight is 274 g/mol. The lowest BCUT2D eigenvalue weighted by molar-refractivity contribution is 0.261. The van der Waals surface area contributed by atoms with E-state index in [2.05, 4.69) is 18.3 Å². The summed E-state index contributed by atoms with van der Waals surface area (Å²) in [5.41, 5.74) is 1.33. The van der Waals surface area contributed by atoms with Crippen LogP contribution in [-0.2, 0) is 6.54 Å². The number of rotatable bonds is 5. The van der Waals surface area contributed by atoms with E-state index in [9.17, 15) is 4.39 Å². The molecule has 1 saturated carbocycles. The highest BCUT2D eigenvalue weighted by molar-refractivity contribution is 5.37. The average Bonchev–Trinajstić information content (AvgIpc) is 2.49. The molecule has 2 nitrogen and oxygen atoms in total. The van der Waals surface area contributed by atoms with Gasteiger partial charge in [0.05, 0.1) is 11.6 Å². The molecule has 3 heteroatoms. The monoisotopic (exact) mass is 274 g/mol. The van der Waals surface area contributed by atoms with Crippen molar-refractivity contribution in [1.29, 1.82) is 5.26 Å². The van der Waals surface area contributed by atoms with Crippen molar-refractivity contribution >= 4 is 0 Å². The van der Waals surface area contributed by atoms with Gasteiger partial charge in [-0.2, -0.15) is 5.26 Å². The lowest BCUT2D eigenvalue weighted by atomic mass is 9.83. The third-order valence-electron chi connectivity index (χ3n) is 4.40. The third-order valence-corrected chi connectivity index (χ3v) is 4.40. The lowest BCUT2D eigenvalue weighted by Crippen LogP contribution is -2.36. The minimum atomic E-state index is -0.272. The first-order valence-corrected chi connectivity index (χ1v) is 7.66. The Labute approximate surface area is 121 Å². The molecule has 1 N–H and O–H groups in total. The number of nitriles is 1. The Morgan fingerprint density at radius 1 is 1.35 bits per heavy atom.